The normalized spacial score (nSPS) is 10.7. The second kappa shape index (κ2) is 8.52. The van der Waals surface area contributed by atoms with E-state index in [0.29, 0.717) is 26.9 Å². The monoisotopic (exact) mass is 400 g/mol. The molecule has 136 valence electrons. The van der Waals surface area contributed by atoms with Crippen molar-refractivity contribution in [1.82, 2.24) is 15.0 Å². The molecule has 1 aromatic heterocycles. The van der Waals surface area contributed by atoms with Gasteiger partial charge in [0.15, 0.2) is 0 Å². The average Bonchev–Trinajstić information content (AvgIpc) is 3.09. The zero-order valence-electron chi connectivity index (χ0n) is 14.0. The van der Waals surface area contributed by atoms with Crippen molar-refractivity contribution in [3.63, 3.8) is 0 Å². The van der Waals surface area contributed by atoms with Crippen LogP contribution in [0.15, 0.2) is 53.6 Å². The number of ether oxygens (including phenoxy) is 1. The Labute approximate surface area is 163 Å². The number of benzene rings is 2. The summed E-state index contributed by atoms with van der Waals surface area (Å²) in [6.45, 7) is 1.70. The lowest BCUT2D eigenvalue weighted by atomic mass is 10.2. The van der Waals surface area contributed by atoms with Gasteiger partial charge < -0.3 is 4.74 Å². The lowest BCUT2D eigenvalue weighted by Gasteiger charge is -2.04. The molecule has 9 heteroatoms. The molecule has 0 saturated heterocycles. The minimum atomic E-state index is -0.478. The summed E-state index contributed by atoms with van der Waals surface area (Å²) < 4.78 is 8.99. The largest absolute Gasteiger partial charge is 0.423 e. The Kier molecular flexibility index (Phi) is 5.90. The Bertz CT molecular complexity index is 985. The molecule has 0 bridgehead atoms. The van der Waals surface area contributed by atoms with E-state index in [1.165, 1.54) is 6.21 Å². The summed E-state index contributed by atoms with van der Waals surface area (Å²) >= 11 is 6.80. The van der Waals surface area contributed by atoms with Gasteiger partial charge in [-0.3, -0.25) is 4.79 Å². The van der Waals surface area contributed by atoms with Gasteiger partial charge in [-0.2, -0.15) is 5.10 Å². The van der Waals surface area contributed by atoms with Crippen molar-refractivity contribution in [1.29, 1.82) is 0 Å². The van der Waals surface area contributed by atoms with Crippen LogP contribution in [-0.2, 0) is 0 Å². The first-order valence-corrected chi connectivity index (χ1v) is 8.88. The molecule has 0 saturated carbocycles. The summed E-state index contributed by atoms with van der Waals surface area (Å²) in [5, 5.41) is 8.21. The highest BCUT2D eigenvalue weighted by Gasteiger charge is 2.12. The summed E-state index contributed by atoms with van der Waals surface area (Å²) in [7, 11) is 0. The molecule has 0 atom stereocenters. The van der Waals surface area contributed by atoms with E-state index in [9.17, 15) is 9.59 Å². The lowest BCUT2D eigenvalue weighted by Crippen LogP contribution is -2.17. The Balaban J connectivity index is 1.57. The fourth-order valence-corrected chi connectivity index (χ4v) is 2.70. The van der Waals surface area contributed by atoms with E-state index >= 15 is 0 Å². The maximum atomic E-state index is 12.0. The lowest BCUT2D eigenvalue weighted by molar-refractivity contribution is 0.0734. The molecule has 1 heterocycles. The van der Waals surface area contributed by atoms with Gasteiger partial charge in [0, 0.05) is 5.02 Å². The quantitative estimate of drug-likeness (QED) is 0.306. The molecule has 0 spiro atoms. The standard InChI is InChI=1S/C18H13ClN4O3S/c1-11-16(27-23-21-11)17(24)22-20-10-12-2-8-15(9-3-12)26-18(25)13-4-6-14(19)7-5-13/h2-10H,1H3,(H,22,24)/b20-10+. The van der Waals surface area contributed by atoms with E-state index in [1.807, 2.05) is 0 Å². The van der Waals surface area contributed by atoms with E-state index in [2.05, 4.69) is 20.1 Å². The number of nitrogens with one attached hydrogen (secondary N) is 1. The smallest absolute Gasteiger partial charge is 0.343 e. The summed E-state index contributed by atoms with van der Waals surface area (Å²) in [6, 6.07) is 13.1. The molecule has 3 rings (SSSR count). The zero-order valence-corrected chi connectivity index (χ0v) is 15.6. The molecule has 0 aliphatic rings. The fraction of sp³-hybridized carbons (Fsp3) is 0.0556. The highest BCUT2D eigenvalue weighted by atomic mass is 35.5. The summed E-state index contributed by atoms with van der Waals surface area (Å²) in [5.74, 6) is -0.455. The number of hydrogen-bond acceptors (Lipinski definition) is 7. The summed E-state index contributed by atoms with van der Waals surface area (Å²) in [6.07, 6.45) is 1.48. The van der Waals surface area contributed by atoms with Gasteiger partial charge in [-0.1, -0.05) is 16.1 Å². The molecule has 7 nitrogen and oxygen atoms in total. The van der Waals surface area contributed by atoms with Crippen molar-refractivity contribution in [3.8, 4) is 5.75 Å². The minimum Gasteiger partial charge on any atom is -0.423 e. The van der Waals surface area contributed by atoms with Crippen molar-refractivity contribution >= 4 is 41.2 Å². The van der Waals surface area contributed by atoms with Gasteiger partial charge in [0.05, 0.1) is 17.5 Å². The zero-order chi connectivity index (χ0) is 19.2. The van der Waals surface area contributed by atoms with E-state index < -0.39 is 5.97 Å². The minimum absolute atomic E-state index is 0.368. The maximum Gasteiger partial charge on any atom is 0.343 e. The molecule has 0 aliphatic heterocycles. The molecule has 1 N–H and O–H groups in total. The number of aryl methyl sites for hydroxylation is 1. The summed E-state index contributed by atoms with van der Waals surface area (Å²) in [5.41, 5.74) is 4.09. The number of hydrazone groups is 1. The first-order chi connectivity index (χ1) is 13.0. The van der Waals surface area contributed by atoms with Crippen LogP contribution < -0.4 is 10.2 Å². The van der Waals surface area contributed by atoms with Crippen LogP contribution in [0.1, 0.15) is 31.3 Å². The Hall–Kier alpha value is -3.10. The van der Waals surface area contributed by atoms with Crippen LogP contribution in [0.4, 0.5) is 0 Å². The molecular weight excluding hydrogens is 388 g/mol. The van der Waals surface area contributed by atoms with Crippen LogP contribution in [-0.4, -0.2) is 27.7 Å². The number of rotatable bonds is 5. The van der Waals surface area contributed by atoms with Gasteiger partial charge in [-0.15, -0.1) is 5.10 Å². The van der Waals surface area contributed by atoms with Gasteiger partial charge in [0.2, 0.25) is 0 Å². The van der Waals surface area contributed by atoms with Crippen LogP contribution in [0.25, 0.3) is 0 Å². The van der Waals surface area contributed by atoms with Crippen molar-refractivity contribution < 1.29 is 14.3 Å². The van der Waals surface area contributed by atoms with Crippen molar-refractivity contribution in [2.45, 2.75) is 6.92 Å². The number of esters is 1. The van der Waals surface area contributed by atoms with Crippen molar-refractivity contribution in [3.05, 3.63) is 75.3 Å². The first-order valence-electron chi connectivity index (χ1n) is 7.73. The van der Waals surface area contributed by atoms with Crippen LogP contribution in [0.5, 0.6) is 5.75 Å². The van der Waals surface area contributed by atoms with Crippen LogP contribution in [0, 0.1) is 6.92 Å². The number of halogens is 1. The summed E-state index contributed by atoms with van der Waals surface area (Å²) in [4.78, 5) is 24.4. The number of aromatic nitrogens is 2. The molecule has 0 fully saturated rings. The van der Waals surface area contributed by atoms with E-state index in [1.54, 1.807) is 55.5 Å². The molecule has 1 amide bonds. The third-order valence-corrected chi connectivity index (χ3v) is 4.49. The van der Waals surface area contributed by atoms with Gasteiger partial charge in [-0.25, -0.2) is 10.2 Å². The first kappa shape index (κ1) is 18.7. The topological polar surface area (TPSA) is 93.5 Å². The second-order valence-electron chi connectivity index (χ2n) is 5.35. The molecule has 0 aliphatic carbocycles. The Morgan fingerprint density at radius 2 is 1.85 bits per heavy atom. The number of carbonyl (C=O) groups is 2. The van der Waals surface area contributed by atoms with Crippen LogP contribution in [0.3, 0.4) is 0 Å². The van der Waals surface area contributed by atoms with E-state index in [0.717, 1.165) is 17.1 Å². The average molecular weight is 401 g/mol. The SMILES string of the molecule is Cc1nnsc1C(=O)N/N=C/c1ccc(OC(=O)c2ccc(Cl)cc2)cc1. The van der Waals surface area contributed by atoms with Gasteiger partial charge >= 0.3 is 5.97 Å². The van der Waals surface area contributed by atoms with Gasteiger partial charge in [0.25, 0.3) is 5.91 Å². The Morgan fingerprint density at radius 3 is 2.48 bits per heavy atom. The van der Waals surface area contributed by atoms with Crippen molar-refractivity contribution in [2.75, 3.05) is 0 Å². The number of hydrogen-bond donors (Lipinski definition) is 1. The third kappa shape index (κ3) is 4.96. The molecule has 27 heavy (non-hydrogen) atoms. The fourth-order valence-electron chi connectivity index (χ4n) is 2.03. The molecule has 3 aromatic rings. The molecule has 0 radical (unpaired) electrons. The third-order valence-electron chi connectivity index (χ3n) is 3.41. The number of carbonyl (C=O) groups excluding carboxylic acids is 2. The molecule has 0 unspecified atom stereocenters. The predicted molar refractivity (Wildman–Crippen MR) is 103 cm³/mol. The van der Waals surface area contributed by atoms with Crippen molar-refractivity contribution in [2.24, 2.45) is 5.10 Å². The van der Waals surface area contributed by atoms with E-state index in [4.69, 9.17) is 16.3 Å². The highest BCUT2D eigenvalue weighted by molar-refractivity contribution is 7.07. The van der Waals surface area contributed by atoms with E-state index in [-0.39, 0.29) is 5.91 Å². The number of nitrogens with zero attached hydrogens (tertiary/aromatic N) is 3. The maximum absolute atomic E-state index is 12.0. The number of amides is 1. The van der Waals surface area contributed by atoms with Crippen LogP contribution in [0.2, 0.25) is 5.02 Å². The predicted octanol–water partition coefficient (Wildman–Crippen LogP) is 3.48. The van der Waals surface area contributed by atoms with Gasteiger partial charge in [-0.05, 0) is 72.6 Å². The Morgan fingerprint density at radius 1 is 1.15 bits per heavy atom. The van der Waals surface area contributed by atoms with Gasteiger partial charge in [0.1, 0.15) is 10.6 Å². The highest BCUT2D eigenvalue weighted by Crippen LogP contribution is 2.15. The molecular formula is C18H13ClN4O3S. The molecule has 2 aromatic carbocycles. The van der Waals surface area contributed by atoms with Crippen LogP contribution >= 0.6 is 23.1 Å². The second-order valence-corrected chi connectivity index (χ2v) is 6.54.